The molecule has 3 nitrogen and oxygen atoms in total. The quantitative estimate of drug-likeness (QED) is 0.533. The third-order valence-corrected chi connectivity index (χ3v) is 4.38. The van der Waals surface area contributed by atoms with Crippen LogP contribution in [0.1, 0.15) is 11.1 Å². The molecule has 0 saturated heterocycles. The highest BCUT2D eigenvalue weighted by atomic mass is 79.9. The molecule has 0 aliphatic carbocycles. The van der Waals surface area contributed by atoms with Gasteiger partial charge in [0.1, 0.15) is 12.4 Å². The van der Waals surface area contributed by atoms with Gasteiger partial charge in [0.25, 0.3) is 0 Å². The van der Waals surface area contributed by atoms with Crippen LogP contribution in [0, 0.1) is 0 Å². The van der Waals surface area contributed by atoms with Crippen LogP contribution < -0.4 is 10.1 Å². The van der Waals surface area contributed by atoms with Crippen molar-refractivity contribution in [2.24, 2.45) is 0 Å². The summed E-state index contributed by atoms with van der Waals surface area (Å²) in [6.07, 6.45) is 3.28. The van der Waals surface area contributed by atoms with Crippen LogP contribution in [0.25, 0.3) is 6.08 Å². The fourth-order valence-electron chi connectivity index (χ4n) is 2.32. The maximum atomic E-state index is 12.0. The lowest BCUT2D eigenvalue weighted by molar-refractivity contribution is -0.111. The molecular formula is C22H18BrNO2. The van der Waals surface area contributed by atoms with Gasteiger partial charge in [-0.15, -0.1) is 0 Å². The molecule has 0 bridgehead atoms. The summed E-state index contributed by atoms with van der Waals surface area (Å²) < 4.78 is 6.60. The van der Waals surface area contributed by atoms with Gasteiger partial charge in [0.2, 0.25) is 5.91 Å². The Kier molecular flexibility index (Phi) is 6.23. The number of carbonyl (C=O) groups excluding carboxylic acids is 1. The second kappa shape index (κ2) is 9.02. The number of amides is 1. The Labute approximate surface area is 161 Å². The molecule has 0 aliphatic rings. The fraction of sp³-hybridized carbons (Fsp3) is 0.0455. The Morgan fingerprint density at radius 2 is 1.62 bits per heavy atom. The molecule has 3 aromatic rings. The van der Waals surface area contributed by atoms with E-state index < -0.39 is 0 Å². The summed E-state index contributed by atoms with van der Waals surface area (Å²) in [5.41, 5.74) is 2.80. The third kappa shape index (κ3) is 5.33. The molecule has 0 fully saturated rings. The molecule has 0 heterocycles. The van der Waals surface area contributed by atoms with E-state index in [9.17, 15) is 4.79 Å². The zero-order chi connectivity index (χ0) is 18.2. The minimum atomic E-state index is -0.179. The summed E-state index contributed by atoms with van der Waals surface area (Å²) in [7, 11) is 0. The van der Waals surface area contributed by atoms with Gasteiger partial charge in [-0.2, -0.15) is 0 Å². The van der Waals surface area contributed by atoms with Gasteiger partial charge in [0.15, 0.2) is 0 Å². The average Bonchev–Trinajstić information content (AvgIpc) is 2.68. The smallest absolute Gasteiger partial charge is 0.248 e. The van der Waals surface area contributed by atoms with E-state index >= 15 is 0 Å². The number of ether oxygens (including phenoxy) is 1. The number of anilines is 1. The molecule has 0 aromatic heterocycles. The molecular weight excluding hydrogens is 390 g/mol. The summed E-state index contributed by atoms with van der Waals surface area (Å²) in [4.78, 5) is 12.0. The van der Waals surface area contributed by atoms with Gasteiger partial charge in [-0.25, -0.2) is 0 Å². The summed E-state index contributed by atoms with van der Waals surface area (Å²) in [6.45, 7) is 0.532. The van der Waals surface area contributed by atoms with E-state index in [0.29, 0.717) is 6.61 Å². The molecule has 0 atom stereocenters. The van der Waals surface area contributed by atoms with E-state index in [-0.39, 0.29) is 5.91 Å². The van der Waals surface area contributed by atoms with Crippen molar-refractivity contribution in [3.8, 4) is 5.75 Å². The number of benzene rings is 3. The van der Waals surface area contributed by atoms with Gasteiger partial charge < -0.3 is 10.1 Å². The zero-order valence-electron chi connectivity index (χ0n) is 14.1. The maximum absolute atomic E-state index is 12.0. The van der Waals surface area contributed by atoms with Crippen LogP contribution in [0.2, 0.25) is 0 Å². The molecule has 130 valence electrons. The monoisotopic (exact) mass is 407 g/mol. The lowest BCUT2D eigenvalue weighted by atomic mass is 10.2. The molecule has 0 unspecified atom stereocenters. The molecule has 0 saturated carbocycles. The average molecular weight is 408 g/mol. The van der Waals surface area contributed by atoms with Crippen LogP contribution in [0.15, 0.2) is 89.4 Å². The Balaban J connectivity index is 1.54. The molecule has 1 amide bonds. The second-order valence-corrected chi connectivity index (χ2v) is 6.50. The van der Waals surface area contributed by atoms with Crippen molar-refractivity contribution in [3.05, 3.63) is 101 Å². The van der Waals surface area contributed by atoms with Crippen molar-refractivity contribution in [3.63, 3.8) is 0 Å². The van der Waals surface area contributed by atoms with Gasteiger partial charge in [-0.05, 0) is 57.4 Å². The van der Waals surface area contributed by atoms with Crippen LogP contribution in [0.5, 0.6) is 5.75 Å². The zero-order valence-corrected chi connectivity index (χ0v) is 15.6. The van der Waals surface area contributed by atoms with Crippen LogP contribution in [0.4, 0.5) is 5.69 Å². The SMILES string of the molecule is O=C(/C=C/c1ccc(OCc2ccccc2)cc1)Nc1ccccc1Br. The highest BCUT2D eigenvalue weighted by Gasteiger charge is 2.01. The van der Waals surface area contributed by atoms with Gasteiger partial charge >= 0.3 is 0 Å². The Morgan fingerprint density at radius 3 is 2.35 bits per heavy atom. The number of halogens is 1. The first-order valence-corrected chi connectivity index (χ1v) is 9.00. The topological polar surface area (TPSA) is 38.3 Å². The van der Waals surface area contributed by atoms with Crippen molar-refractivity contribution < 1.29 is 9.53 Å². The number of rotatable bonds is 6. The standard InChI is InChI=1S/C22H18BrNO2/c23-20-8-4-5-9-21(20)24-22(25)15-12-17-10-13-19(14-11-17)26-16-18-6-2-1-3-7-18/h1-15H,16H2,(H,24,25)/b15-12+. The summed E-state index contributed by atoms with van der Waals surface area (Å²) in [6, 6.07) is 25.2. The molecule has 26 heavy (non-hydrogen) atoms. The number of carbonyl (C=O) groups is 1. The Bertz CT molecular complexity index is 890. The lowest BCUT2D eigenvalue weighted by Gasteiger charge is -2.06. The highest BCUT2D eigenvalue weighted by molar-refractivity contribution is 9.10. The molecule has 0 spiro atoms. The third-order valence-electron chi connectivity index (χ3n) is 3.69. The fourth-order valence-corrected chi connectivity index (χ4v) is 2.71. The van der Waals surface area contributed by atoms with E-state index in [4.69, 9.17) is 4.74 Å². The van der Waals surface area contributed by atoms with E-state index in [1.165, 1.54) is 6.08 Å². The Hall–Kier alpha value is -2.85. The molecule has 0 radical (unpaired) electrons. The molecule has 0 aliphatic heterocycles. The highest BCUT2D eigenvalue weighted by Crippen LogP contribution is 2.21. The number of hydrogen-bond donors (Lipinski definition) is 1. The van der Waals surface area contributed by atoms with Crippen molar-refractivity contribution in [2.45, 2.75) is 6.61 Å². The summed E-state index contributed by atoms with van der Waals surface area (Å²) in [5.74, 6) is 0.616. The molecule has 3 rings (SSSR count). The van der Waals surface area contributed by atoms with Crippen molar-refractivity contribution in [2.75, 3.05) is 5.32 Å². The predicted molar refractivity (Wildman–Crippen MR) is 109 cm³/mol. The van der Waals surface area contributed by atoms with Crippen molar-refractivity contribution >= 4 is 33.6 Å². The molecule has 4 heteroatoms. The van der Waals surface area contributed by atoms with Crippen molar-refractivity contribution in [1.82, 2.24) is 0 Å². The number of nitrogens with one attached hydrogen (secondary N) is 1. The molecule has 3 aromatic carbocycles. The van der Waals surface area contributed by atoms with E-state index in [0.717, 1.165) is 27.0 Å². The van der Waals surface area contributed by atoms with E-state index in [1.807, 2.05) is 78.9 Å². The summed E-state index contributed by atoms with van der Waals surface area (Å²) in [5, 5.41) is 2.83. The minimum Gasteiger partial charge on any atom is -0.489 e. The predicted octanol–water partition coefficient (Wildman–Crippen LogP) is 5.68. The Morgan fingerprint density at radius 1 is 0.923 bits per heavy atom. The van der Waals surface area contributed by atoms with Crippen LogP contribution in [0.3, 0.4) is 0 Å². The maximum Gasteiger partial charge on any atom is 0.248 e. The van der Waals surface area contributed by atoms with E-state index in [2.05, 4.69) is 21.2 Å². The first-order chi connectivity index (χ1) is 12.7. The van der Waals surface area contributed by atoms with Gasteiger partial charge in [0, 0.05) is 10.5 Å². The molecule has 1 N–H and O–H groups in total. The van der Waals surface area contributed by atoms with Crippen LogP contribution >= 0.6 is 15.9 Å². The van der Waals surface area contributed by atoms with Gasteiger partial charge in [-0.1, -0.05) is 54.6 Å². The van der Waals surface area contributed by atoms with Gasteiger partial charge in [0.05, 0.1) is 5.69 Å². The first-order valence-electron chi connectivity index (χ1n) is 8.21. The second-order valence-electron chi connectivity index (χ2n) is 5.65. The largest absolute Gasteiger partial charge is 0.489 e. The lowest BCUT2D eigenvalue weighted by Crippen LogP contribution is -2.07. The van der Waals surface area contributed by atoms with Crippen LogP contribution in [-0.2, 0) is 11.4 Å². The first kappa shape index (κ1) is 18.0. The van der Waals surface area contributed by atoms with Gasteiger partial charge in [-0.3, -0.25) is 4.79 Å². The normalized spacial score (nSPS) is 10.7. The number of para-hydroxylation sites is 1. The van der Waals surface area contributed by atoms with Crippen LogP contribution in [-0.4, -0.2) is 5.91 Å². The van der Waals surface area contributed by atoms with Crippen molar-refractivity contribution in [1.29, 1.82) is 0 Å². The summed E-state index contributed by atoms with van der Waals surface area (Å²) >= 11 is 3.41. The minimum absolute atomic E-state index is 0.179. The number of hydrogen-bond acceptors (Lipinski definition) is 2. The van der Waals surface area contributed by atoms with E-state index in [1.54, 1.807) is 6.08 Å².